The van der Waals surface area contributed by atoms with Crippen LogP contribution in [0.4, 0.5) is 10.8 Å². The molecule has 23 heavy (non-hydrogen) atoms. The van der Waals surface area contributed by atoms with Crippen LogP contribution in [0, 0.1) is 10.1 Å². The molecule has 2 aromatic carbocycles. The van der Waals surface area contributed by atoms with Crippen molar-refractivity contribution in [1.29, 1.82) is 0 Å². The maximum atomic E-state index is 12.0. The Hall–Kier alpha value is -3.13. The lowest BCUT2D eigenvalue weighted by Crippen LogP contribution is -2.07. The molecule has 7 nitrogen and oxygen atoms in total. The topological polar surface area (TPSA) is 97.5 Å². The average Bonchev–Trinajstić information content (AvgIpc) is 2.55. The van der Waals surface area contributed by atoms with Gasteiger partial charge in [-0.2, -0.15) is 10.1 Å². The van der Waals surface area contributed by atoms with E-state index in [0.717, 1.165) is 5.56 Å². The second kappa shape index (κ2) is 6.32. The molecule has 3 aromatic rings. The van der Waals surface area contributed by atoms with Crippen molar-refractivity contribution in [2.24, 2.45) is 5.10 Å². The van der Waals surface area contributed by atoms with Crippen LogP contribution in [0.2, 0.25) is 0 Å². The lowest BCUT2D eigenvalue weighted by molar-refractivity contribution is -0.384. The summed E-state index contributed by atoms with van der Waals surface area (Å²) in [6, 6.07) is 13.6. The first-order valence-corrected chi connectivity index (χ1v) is 7.38. The van der Waals surface area contributed by atoms with Crippen LogP contribution in [0.1, 0.15) is 5.56 Å². The molecule has 0 fully saturated rings. The SMILES string of the molecule is O=c1nc(NN=Cc2ccccc2)sc2ccc([N+](=O)[O-])cc12. The van der Waals surface area contributed by atoms with Crippen LogP contribution >= 0.6 is 11.3 Å². The third-order valence-corrected chi connectivity index (χ3v) is 3.94. The molecular weight excluding hydrogens is 316 g/mol. The molecule has 0 radical (unpaired) electrons. The van der Waals surface area contributed by atoms with Crippen molar-refractivity contribution in [1.82, 2.24) is 4.98 Å². The zero-order valence-corrected chi connectivity index (χ0v) is 12.5. The van der Waals surface area contributed by atoms with Gasteiger partial charge >= 0.3 is 0 Å². The van der Waals surface area contributed by atoms with E-state index in [-0.39, 0.29) is 11.1 Å². The van der Waals surface area contributed by atoms with Gasteiger partial charge in [0.15, 0.2) is 0 Å². The van der Waals surface area contributed by atoms with E-state index in [4.69, 9.17) is 0 Å². The highest BCUT2D eigenvalue weighted by Gasteiger charge is 2.10. The zero-order valence-electron chi connectivity index (χ0n) is 11.7. The summed E-state index contributed by atoms with van der Waals surface area (Å²) >= 11 is 1.20. The number of fused-ring (bicyclic) bond motifs is 1. The van der Waals surface area contributed by atoms with Crippen molar-refractivity contribution in [3.05, 3.63) is 74.6 Å². The second-order valence-corrected chi connectivity index (χ2v) is 5.57. The van der Waals surface area contributed by atoms with E-state index in [1.165, 1.54) is 29.5 Å². The predicted octanol–water partition coefficient (Wildman–Crippen LogP) is 3.01. The minimum Gasteiger partial charge on any atom is -0.267 e. The first-order valence-electron chi connectivity index (χ1n) is 6.57. The van der Waals surface area contributed by atoms with E-state index in [1.807, 2.05) is 30.3 Å². The first kappa shape index (κ1) is 14.8. The normalized spacial score (nSPS) is 11.0. The van der Waals surface area contributed by atoms with E-state index >= 15 is 0 Å². The molecule has 1 heterocycles. The molecule has 0 saturated carbocycles. The quantitative estimate of drug-likeness (QED) is 0.451. The minimum absolute atomic E-state index is 0.133. The largest absolute Gasteiger partial charge is 0.281 e. The molecule has 1 N–H and O–H groups in total. The van der Waals surface area contributed by atoms with Gasteiger partial charge in [0.1, 0.15) is 0 Å². The Morgan fingerprint density at radius 1 is 1.22 bits per heavy atom. The number of nitrogens with zero attached hydrogens (tertiary/aromatic N) is 3. The van der Waals surface area contributed by atoms with E-state index in [1.54, 1.807) is 6.21 Å². The number of non-ortho nitro benzene ring substituents is 1. The summed E-state index contributed by atoms with van der Waals surface area (Å²) in [5, 5.41) is 15.3. The monoisotopic (exact) mass is 326 g/mol. The number of aromatic nitrogens is 1. The number of hydrogen-bond donors (Lipinski definition) is 1. The summed E-state index contributed by atoms with van der Waals surface area (Å²) in [4.78, 5) is 26.0. The van der Waals surface area contributed by atoms with Crippen molar-refractivity contribution in [3.63, 3.8) is 0 Å². The molecule has 0 atom stereocenters. The lowest BCUT2D eigenvalue weighted by atomic mass is 10.2. The van der Waals surface area contributed by atoms with Gasteiger partial charge in [0.25, 0.3) is 11.2 Å². The molecule has 0 aliphatic heterocycles. The predicted molar refractivity (Wildman–Crippen MR) is 90.2 cm³/mol. The highest BCUT2D eigenvalue weighted by Crippen LogP contribution is 2.24. The molecule has 8 heteroatoms. The second-order valence-electron chi connectivity index (χ2n) is 4.54. The van der Waals surface area contributed by atoms with Gasteiger partial charge in [-0.1, -0.05) is 41.7 Å². The summed E-state index contributed by atoms with van der Waals surface area (Å²) in [6.45, 7) is 0. The molecule has 0 bridgehead atoms. The highest BCUT2D eigenvalue weighted by molar-refractivity contribution is 7.21. The smallest absolute Gasteiger partial charge is 0.267 e. The average molecular weight is 326 g/mol. The van der Waals surface area contributed by atoms with Crippen LogP contribution in [0.25, 0.3) is 10.1 Å². The van der Waals surface area contributed by atoms with Gasteiger partial charge in [-0.15, -0.1) is 0 Å². The Morgan fingerprint density at radius 2 is 2.00 bits per heavy atom. The van der Waals surface area contributed by atoms with Gasteiger partial charge in [-0.25, -0.2) is 0 Å². The number of hydrazone groups is 1. The van der Waals surface area contributed by atoms with Crippen molar-refractivity contribution in [2.45, 2.75) is 0 Å². The number of hydrogen-bond acceptors (Lipinski definition) is 7. The first-order chi connectivity index (χ1) is 11.1. The van der Waals surface area contributed by atoms with Crippen LogP contribution in [-0.2, 0) is 0 Å². The Labute approximate surface area is 134 Å². The maximum absolute atomic E-state index is 12.0. The highest BCUT2D eigenvalue weighted by atomic mass is 32.1. The van der Waals surface area contributed by atoms with Crippen LogP contribution in [-0.4, -0.2) is 16.1 Å². The van der Waals surface area contributed by atoms with Gasteiger partial charge in [-0.3, -0.25) is 20.3 Å². The third-order valence-electron chi connectivity index (χ3n) is 2.99. The Bertz CT molecular complexity index is 954. The van der Waals surface area contributed by atoms with Gasteiger partial charge in [0.05, 0.1) is 16.5 Å². The van der Waals surface area contributed by atoms with Gasteiger partial charge in [-0.05, 0) is 11.6 Å². The summed E-state index contributed by atoms with van der Waals surface area (Å²) in [6.07, 6.45) is 1.61. The number of nitrogens with one attached hydrogen (secondary N) is 1. The van der Waals surface area contributed by atoms with E-state index in [9.17, 15) is 14.9 Å². The van der Waals surface area contributed by atoms with Gasteiger partial charge in [0, 0.05) is 16.8 Å². The zero-order chi connectivity index (χ0) is 16.2. The molecule has 0 amide bonds. The molecule has 3 rings (SSSR count). The summed E-state index contributed by atoms with van der Waals surface area (Å²) < 4.78 is 0.605. The number of benzene rings is 2. The minimum atomic E-state index is -0.542. The van der Waals surface area contributed by atoms with Crippen LogP contribution < -0.4 is 11.0 Å². The number of anilines is 1. The summed E-state index contributed by atoms with van der Waals surface area (Å²) in [5.74, 6) is 0. The third kappa shape index (κ3) is 3.38. The molecule has 0 saturated heterocycles. The standard InChI is InChI=1S/C15H10N4O3S/c20-14-12-8-11(19(21)22)6-7-13(12)23-15(17-14)18-16-9-10-4-2-1-3-5-10/h1-9H,(H,17,18,20). The molecule has 0 spiro atoms. The molecule has 114 valence electrons. The number of rotatable bonds is 4. The number of nitro groups is 1. The van der Waals surface area contributed by atoms with E-state index in [0.29, 0.717) is 9.83 Å². The number of nitro benzene ring substituents is 1. The van der Waals surface area contributed by atoms with Crippen molar-refractivity contribution in [3.8, 4) is 0 Å². The summed E-state index contributed by atoms with van der Waals surface area (Å²) in [7, 11) is 0. The van der Waals surface area contributed by atoms with Crippen molar-refractivity contribution in [2.75, 3.05) is 5.43 Å². The van der Waals surface area contributed by atoms with Gasteiger partial charge < -0.3 is 0 Å². The van der Waals surface area contributed by atoms with Gasteiger partial charge in [0.2, 0.25) is 5.13 Å². The van der Waals surface area contributed by atoms with Crippen LogP contribution in [0.5, 0.6) is 0 Å². The Balaban J connectivity index is 1.88. The molecule has 0 aliphatic rings. The summed E-state index contributed by atoms with van der Waals surface area (Å²) in [5.41, 5.74) is 2.95. The van der Waals surface area contributed by atoms with Crippen molar-refractivity contribution < 1.29 is 4.92 Å². The molecular formula is C15H10N4O3S. The lowest BCUT2D eigenvalue weighted by Gasteiger charge is -2.00. The Kier molecular flexibility index (Phi) is 4.07. The van der Waals surface area contributed by atoms with Crippen LogP contribution in [0.15, 0.2) is 58.4 Å². The van der Waals surface area contributed by atoms with Crippen LogP contribution in [0.3, 0.4) is 0 Å². The maximum Gasteiger partial charge on any atom is 0.281 e. The molecule has 0 aliphatic carbocycles. The fourth-order valence-electron chi connectivity index (χ4n) is 1.92. The van der Waals surface area contributed by atoms with E-state index < -0.39 is 10.5 Å². The molecule has 1 aromatic heterocycles. The van der Waals surface area contributed by atoms with E-state index in [2.05, 4.69) is 15.5 Å². The Morgan fingerprint density at radius 3 is 2.74 bits per heavy atom. The fraction of sp³-hybridized carbons (Fsp3) is 0. The van der Waals surface area contributed by atoms with Crippen molar-refractivity contribution >= 4 is 38.5 Å². The molecule has 0 unspecified atom stereocenters. The fourth-order valence-corrected chi connectivity index (χ4v) is 2.74.